The highest BCUT2D eigenvalue weighted by Gasteiger charge is 2.67. The third kappa shape index (κ3) is 6.72. The number of Topliss-reactive ketones (excluding diaryl/α,β-unsaturated/α-hetero) is 2. The van der Waals surface area contributed by atoms with Crippen LogP contribution < -0.4 is 5.32 Å². The minimum atomic E-state index is -4.99. The second-order valence-electron chi connectivity index (χ2n) is 10.1. The van der Waals surface area contributed by atoms with E-state index >= 15 is 4.39 Å². The van der Waals surface area contributed by atoms with Gasteiger partial charge in [-0.3, -0.25) is 14.4 Å². The number of halogens is 9. The van der Waals surface area contributed by atoms with Crippen LogP contribution in [0.2, 0.25) is 5.02 Å². The summed E-state index contributed by atoms with van der Waals surface area (Å²) >= 11 is 18.6. The summed E-state index contributed by atoms with van der Waals surface area (Å²) in [7, 11) is 0. The van der Waals surface area contributed by atoms with Crippen molar-refractivity contribution in [1.29, 1.82) is 5.26 Å². The van der Waals surface area contributed by atoms with Crippen LogP contribution in [0.3, 0.4) is 0 Å². The van der Waals surface area contributed by atoms with Gasteiger partial charge < -0.3 is 5.32 Å². The van der Waals surface area contributed by atoms with Gasteiger partial charge in [0.2, 0.25) is 5.91 Å². The number of hydrogen-bond donors (Lipinski definition) is 1. The van der Waals surface area contributed by atoms with Crippen molar-refractivity contribution in [1.82, 2.24) is 0 Å². The van der Waals surface area contributed by atoms with Crippen molar-refractivity contribution < 1.29 is 40.7 Å². The minimum absolute atomic E-state index is 0.0176. The van der Waals surface area contributed by atoms with E-state index in [2.05, 4.69) is 5.32 Å². The third-order valence-corrected chi connectivity index (χ3v) is 8.44. The first-order valence-corrected chi connectivity index (χ1v) is 13.9. The van der Waals surface area contributed by atoms with E-state index in [4.69, 9.17) is 40.1 Å². The molecule has 3 atom stereocenters. The predicted molar refractivity (Wildman–Crippen MR) is 150 cm³/mol. The average molecular weight is 676 g/mol. The lowest BCUT2D eigenvalue weighted by Crippen LogP contribution is -2.18. The van der Waals surface area contributed by atoms with Gasteiger partial charge in [0.25, 0.3) is 0 Å². The minimum Gasteiger partial charge on any atom is -0.326 e. The van der Waals surface area contributed by atoms with E-state index in [-0.39, 0.29) is 27.4 Å². The molecule has 0 saturated heterocycles. The molecule has 5 nitrogen and oxygen atoms in total. The molecule has 1 aliphatic rings. The Bertz CT molecular complexity index is 1720. The van der Waals surface area contributed by atoms with Crippen molar-refractivity contribution in [3.05, 3.63) is 98.8 Å². The molecule has 1 unspecified atom stereocenters. The topological polar surface area (TPSA) is 87.0 Å². The summed E-state index contributed by atoms with van der Waals surface area (Å²) in [5, 5.41) is 11.3. The molecule has 1 fully saturated rings. The van der Waals surface area contributed by atoms with Gasteiger partial charge >= 0.3 is 6.18 Å². The van der Waals surface area contributed by atoms with E-state index < -0.39 is 87.2 Å². The van der Waals surface area contributed by atoms with Gasteiger partial charge in [-0.05, 0) is 54.4 Å². The number of nitrogens with zero attached hydrogens (tertiary/aromatic N) is 1. The molecule has 3 aromatic rings. The van der Waals surface area contributed by atoms with E-state index in [1.807, 2.05) is 0 Å². The van der Waals surface area contributed by atoms with Crippen LogP contribution >= 0.6 is 34.8 Å². The molecule has 14 heteroatoms. The summed E-state index contributed by atoms with van der Waals surface area (Å²) in [6.07, 6.45) is -6.30. The lowest BCUT2D eigenvalue weighted by Gasteiger charge is -2.12. The monoisotopic (exact) mass is 674 g/mol. The van der Waals surface area contributed by atoms with E-state index in [1.54, 1.807) is 6.07 Å². The van der Waals surface area contributed by atoms with Gasteiger partial charge in [0.05, 0.1) is 22.6 Å². The molecule has 4 rings (SSSR count). The Hall–Kier alpha value is -3.59. The summed E-state index contributed by atoms with van der Waals surface area (Å²) in [6.45, 7) is 1.29. The van der Waals surface area contributed by atoms with E-state index in [9.17, 15) is 36.3 Å². The van der Waals surface area contributed by atoms with Gasteiger partial charge in [-0.25, -0.2) is 13.2 Å². The fourth-order valence-corrected chi connectivity index (χ4v) is 5.72. The van der Waals surface area contributed by atoms with Crippen LogP contribution in [0.15, 0.2) is 48.5 Å². The highest BCUT2D eigenvalue weighted by Crippen LogP contribution is 2.65. The summed E-state index contributed by atoms with van der Waals surface area (Å²) in [5.74, 6) is -9.38. The van der Waals surface area contributed by atoms with Gasteiger partial charge in [0.15, 0.2) is 11.6 Å². The first-order valence-electron chi connectivity index (χ1n) is 12.7. The smallest absolute Gasteiger partial charge is 0.326 e. The molecular weight excluding hydrogens is 657 g/mol. The number of alkyl halides is 5. The average Bonchev–Trinajstić information content (AvgIpc) is 3.54. The van der Waals surface area contributed by atoms with Crippen molar-refractivity contribution in [2.45, 2.75) is 36.2 Å². The zero-order valence-corrected chi connectivity index (χ0v) is 24.6. The van der Waals surface area contributed by atoms with Crippen LogP contribution in [-0.4, -0.2) is 21.8 Å². The molecule has 1 N–H and O–H groups in total. The number of carbonyl (C=O) groups is 3. The second kappa shape index (κ2) is 12.4. The third-order valence-electron chi connectivity index (χ3n) is 7.17. The maximum Gasteiger partial charge on any atom is 0.419 e. The molecule has 0 aliphatic heterocycles. The summed E-state index contributed by atoms with van der Waals surface area (Å²) < 4.78 is 80.9. The van der Waals surface area contributed by atoms with Crippen molar-refractivity contribution in [2.24, 2.45) is 11.8 Å². The number of rotatable bonds is 9. The molecule has 0 aromatic heterocycles. The van der Waals surface area contributed by atoms with Crippen molar-refractivity contribution in [3.8, 4) is 6.07 Å². The molecule has 230 valence electrons. The van der Waals surface area contributed by atoms with Crippen LogP contribution in [0.1, 0.15) is 45.5 Å². The maximum atomic E-state index is 15.1. The quantitative estimate of drug-likeness (QED) is 0.142. The van der Waals surface area contributed by atoms with E-state index in [0.29, 0.717) is 12.1 Å². The number of anilines is 1. The maximum absolute atomic E-state index is 15.1. The lowest BCUT2D eigenvalue weighted by molar-refractivity contribution is -0.140. The van der Waals surface area contributed by atoms with Crippen LogP contribution in [0.5, 0.6) is 0 Å². The molecule has 0 bridgehead atoms. The summed E-state index contributed by atoms with van der Waals surface area (Å²) in [4.78, 5) is 38.2. The number of nitrogens with one attached hydrogen (secondary N) is 1. The molecule has 1 saturated carbocycles. The van der Waals surface area contributed by atoms with Crippen LogP contribution in [0.25, 0.3) is 0 Å². The molecule has 0 spiro atoms. The zero-order chi connectivity index (χ0) is 32.7. The normalized spacial score (nSPS) is 17.8. The fourth-order valence-electron chi connectivity index (χ4n) is 4.67. The molecule has 3 aromatic carbocycles. The molecule has 44 heavy (non-hydrogen) atoms. The Labute approximate surface area is 261 Å². The van der Waals surface area contributed by atoms with Crippen molar-refractivity contribution >= 4 is 58.0 Å². The number of carbonyl (C=O) groups excluding carboxylic acids is 3. The molecule has 1 aliphatic carbocycles. The molecule has 0 heterocycles. The number of benzene rings is 3. The van der Waals surface area contributed by atoms with Crippen LogP contribution in [0.4, 0.5) is 32.0 Å². The molecule has 1 amide bonds. The first kappa shape index (κ1) is 33.3. The van der Waals surface area contributed by atoms with Gasteiger partial charge in [-0.15, -0.1) is 23.2 Å². The van der Waals surface area contributed by atoms with Gasteiger partial charge in [-0.1, -0.05) is 23.7 Å². The molecule has 0 radical (unpaired) electrons. The van der Waals surface area contributed by atoms with Crippen LogP contribution in [0, 0.1) is 40.6 Å². The number of nitriles is 1. The number of ketones is 2. The zero-order valence-electron chi connectivity index (χ0n) is 22.3. The molecular formula is C30H19Cl3F6N2O3. The van der Waals surface area contributed by atoms with Gasteiger partial charge in [0.1, 0.15) is 27.7 Å². The van der Waals surface area contributed by atoms with E-state index in [1.165, 1.54) is 25.1 Å². The van der Waals surface area contributed by atoms with Crippen molar-refractivity contribution in [2.75, 3.05) is 5.32 Å². The summed E-state index contributed by atoms with van der Waals surface area (Å²) in [5.41, 5.74) is -2.64. The second-order valence-corrected chi connectivity index (χ2v) is 12.0. The fraction of sp³-hybridized carbons (Fsp3) is 0.267. The van der Waals surface area contributed by atoms with Crippen molar-refractivity contribution in [3.63, 3.8) is 0 Å². The first-order chi connectivity index (χ1) is 20.5. The summed E-state index contributed by atoms with van der Waals surface area (Å²) in [6, 6.07) is 9.53. The standard InChI is InChI=1S/C30H19Cl3F6N2O3/c1-13(12-40)23(42)11-18-21(34)6-3-15(27(18)36)9-24(43)17-10-16(4-5-20(17)31)41-28(44)26-25(29(26,32)33)14-2-7-22(35)19(8-14)30(37,38)39/h2-8,10,13,25-26H,9,11H2,1H3,(H,41,44)/t13?,25-,26+/m0/s1. The number of hydrogen-bond acceptors (Lipinski definition) is 4. The SMILES string of the molecule is CC(C#N)C(=O)Cc1c(F)ccc(CC(=O)c2cc(NC(=O)[C@H]3[C@H](c4ccc(F)c(C(F)(F)F)c4)C3(Cl)Cl)ccc2Cl)c1F. The number of amides is 1. The Morgan fingerprint density at radius 3 is 2.30 bits per heavy atom. The van der Waals surface area contributed by atoms with Crippen LogP contribution in [-0.2, 0) is 28.6 Å². The highest BCUT2D eigenvalue weighted by atomic mass is 35.5. The van der Waals surface area contributed by atoms with E-state index in [0.717, 1.165) is 18.2 Å². The Morgan fingerprint density at radius 1 is 1.00 bits per heavy atom. The Kier molecular flexibility index (Phi) is 9.40. The predicted octanol–water partition coefficient (Wildman–Crippen LogP) is 8.00. The highest BCUT2D eigenvalue weighted by molar-refractivity contribution is 6.53. The Balaban J connectivity index is 1.52. The van der Waals surface area contributed by atoms with Gasteiger partial charge in [-0.2, -0.15) is 18.4 Å². The Morgan fingerprint density at radius 2 is 1.66 bits per heavy atom. The largest absolute Gasteiger partial charge is 0.419 e. The van der Waals surface area contributed by atoms with Gasteiger partial charge in [0, 0.05) is 35.6 Å². The lowest BCUT2D eigenvalue weighted by atomic mass is 9.95.